The summed E-state index contributed by atoms with van der Waals surface area (Å²) in [6.45, 7) is 9.28. The molecule has 0 aliphatic carbocycles. The van der Waals surface area contributed by atoms with Crippen LogP contribution in [0.25, 0.3) is 11.4 Å². The van der Waals surface area contributed by atoms with Crippen LogP contribution in [-0.2, 0) is 6.42 Å². The zero-order valence-electron chi connectivity index (χ0n) is 13.1. The van der Waals surface area contributed by atoms with E-state index in [1.807, 2.05) is 0 Å². The molecule has 0 fully saturated rings. The minimum absolute atomic E-state index is 0.804. The summed E-state index contributed by atoms with van der Waals surface area (Å²) in [7, 11) is 0. The average Bonchev–Trinajstić information content (AvgIpc) is 2.46. The van der Waals surface area contributed by atoms with Crippen LogP contribution in [0.5, 0.6) is 0 Å². The topological polar surface area (TPSA) is 37.8 Å². The quantitative estimate of drug-likeness (QED) is 0.834. The van der Waals surface area contributed by atoms with E-state index in [0.717, 1.165) is 46.8 Å². The number of rotatable bonds is 5. The van der Waals surface area contributed by atoms with Gasteiger partial charge in [-0.15, -0.1) is 0 Å². The summed E-state index contributed by atoms with van der Waals surface area (Å²) in [5, 5.41) is 3.32. The van der Waals surface area contributed by atoms with Crippen molar-refractivity contribution in [2.24, 2.45) is 0 Å². The summed E-state index contributed by atoms with van der Waals surface area (Å²) in [5.74, 6) is 1.69. The Morgan fingerprint density at radius 3 is 2.57 bits per heavy atom. The van der Waals surface area contributed by atoms with Crippen molar-refractivity contribution in [2.75, 3.05) is 11.9 Å². The number of aryl methyl sites for hydroxylation is 3. The van der Waals surface area contributed by atoms with Crippen LogP contribution in [0.15, 0.2) is 22.7 Å². The summed E-state index contributed by atoms with van der Waals surface area (Å²) in [6, 6.07) is 6.41. The van der Waals surface area contributed by atoms with E-state index in [2.05, 4.69) is 67.1 Å². The van der Waals surface area contributed by atoms with Gasteiger partial charge in [-0.25, -0.2) is 9.97 Å². The maximum absolute atomic E-state index is 4.78. The molecule has 4 heteroatoms. The summed E-state index contributed by atoms with van der Waals surface area (Å²) >= 11 is 3.64. The van der Waals surface area contributed by atoms with Crippen LogP contribution in [0, 0.1) is 13.8 Å². The van der Waals surface area contributed by atoms with Gasteiger partial charge < -0.3 is 5.32 Å². The van der Waals surface area contributed by atoms with Crippen molar-refractivity contribution < 1.29 is 0 Å². The molecule has 0 spiro atoms. The second-order valence-electron chi connectivity index (χ2n) is 5.26. The van der Waals surface area contributed by atoms with Crippen LogP contribution in [-0.4, -0.2) is 16.5 Å². The van der Waals surface area contributed by atoms with E-state index in [4.69, 9.17) is 9.97 Å². The predicted octanol–water partition coefficient (Wildman–Crippen LogP) is 4.91. The van der Waals surface area contributed by atoms with E-state index >= 15 is 0 Å². The standard InChI is InChI=1S/C17H22BrN3/c1-5-7-14-15(18)17(19-6-2)21-16(20-14)13-10-11(3)8-9-12(13)4/h8-10H,5-7H2,1-4H3,(H,19,20,21). The van der Waals surface area contributed by atoms with Crippen molar-refractivity contribution in [2.45, 2.75) is 40.5 Å². The van der Waals surface area contributed by atoms with Gasteiger partial charge in [0.2, 0.25) is 0 Å². The molecule has 0 amide bonds. The zero-order valence-corrected chi connectivity index (χ0v) is 14.7. The van der Waals surface area contributed by atoms with Crippen LogP contribution in [0.3, 0.4) is 0 Å². The Bertz CT molecular complexity index is 611. The normalized spacial score (nSPS) is 10.7. The van der Waals surface area contributed by atoms with Crippen molar-refractivity contribution in [1.29, 1.82) is 0 Å². The van der Waals surface area contributed by atoms with Gasteiger partial charge in [-0.05, 0) is 54.8 Å². The van der Waals surface area contributed by atoms with E-state index in [1.165, 1.54) is 11.1 Å². The first-order valence-corrected chi connectivity index (χ1v) is 8.24. The smallest absolute Gasteiger partial charge is 0.162 e. The van der Waals surface area contributed by atoms with Crippen LogP contribution in [0.2, 0.25) is 0 Å². The summed E-state index contributed by atoms with van der Waals surface area (Å²) in [4.78, 5) is 9.49. The molecule has 1 N–H and O–H groups in total. The fourth-order valence-corrected chi connectivity index (χ4v) is 2.79. The Morgan fingerprint density at radius 1 is 1.14 bits per heavy atom. The molecule has 0 aliphatic rings. The first-order valence-electron chi connectivity index (χ1n) is 7.44. The molecule has 0 saturated heterocycles. The van der Waals surface area contributed by atoms with Gasteiger partial charge in [0.25, 0.3) is 0 Å². The SMILES string of the molecule is CCCc1nc(-c2cc(C)ccc2C)nc(NCC)c1Br. The lowest BCUT2D eigenvalue weighted by atomic mass is 10.0. The van der Waals surface area contributed by atoms with Gasteiger partial charge in [0.15, 0.2) is 5.82 Å². The molecule has 21 heavy (non-hydrogen) atoms. The second kappa shape index (κ2) is 7.03. The highest BCUT2D eigenvalue weighted by atomic mass is 79.9. The van der Waals surface area contributed by atoms with Crippen molar-refractivity contribution in [3.05, 3.63) is 39.5 Å². The third kappa shape index (κ3) is 3.62. The molecule has 0 atom stereocenters. The number of benzene rings is 1. The average molecular weight is 348 g/mol. The van der Waals surface area contributed by atoms with E-state index in [0.29, 0.717) is 0 Å². The molecule has 0 unspecified atom stereocenters. The Morgan fingerprint density at radius 2 is 1.90 bits per heavy atom. The monoisotopic (exact) mass is 347 g/mol. The minimum atomic E-state index is 0.804. The summed E-state index contributed by atoms with van der Waals surface area (Å²) in [6.07, 6.45) is 2.01. The van der Waals surface area contributed by atoms with Crippen molar-refractivity contribution in [3.8, 4) is 11.4 Å². The highest BCUT2D eigenvalue weighted by molar-refractivity contribution is 9.10. The van der Waals surface area contributed by atoms with Gasteiger partial charge in [-0.1, -0.05) is 31.0 Å². The predicted molar refractivity (Wildman–Crippen MR) is 92.8 cm³/mol. The number of hydrogen-bond donors (Lipinski definition) is 1. The molecule has 0 bridgehead atoms. The van der Waals surface area contributed by atoms with E-state index in [1.54, 1.807) is 0 Å². The van der Waals surface area contributed by atoms with E-state index in [-0.39, 0.29) is 0 Å². The van der Waals surface area contributed by atoms with Crippen molar-refractivity contribution >= 4 is 21.7 Å². The minimum Gasteiger partial charge on any atom is -0.369 e. The molecular weight excluding hydrogens is 326 g/mol. The fraction of sp³-hybridized carbons (Fsp3) is 0.412. The lowest BCUT2D eigenvalue weighted by Gasteiger charge is -2.13. The van der Waals surface area contributed by atoms with Gasteiger partial charge >= 0.3 is 0 Å². The van der Waals surface area contributed by atoms with Crippen LogP contribution in [0.1, 0.15) is 37.1 Å². The van der Waals surface area contributed by atoms with Crippen LogP contribution < -0.4 is 5.32 Å². The van der Waals surface area contributed by atoms with Gasteiger partial charge in [-0.3, -0.25) is 0 Å². The Kier molecular flexibility index (Phi) is 5.34. The zero-order chi connectivity index (χ0) is 15.4. The molecule has 0 aliphatic heterocycles. The van der Waals surface area contributed by atoms with Gasteiger partial charge in [0.1, 0.15) is 5.82 Å². The first-order chi connectivity index (χ1) is 10.1. The van der Waals surface area contributed by atoms with Crippen LogP contribution >= 0.6 is 15.9 Å². The Labute approximate surface area is 135 Å². The van der Waals surface area contributed by atoms with E-state index < -0.39 is 0 Å². The Balaban J connectivity index is 2.59. The lowest BCUT2D eigenvalue weighted by Crippen LogP contribution is -2.06. The maximum atomic E-state index is 4.78. The molecule has 2 rings (SSSR count). The molecule has 0 radical (unpaired) electrons. The second-order valence-corrected chi connectivity index (χ2v) is 6.05. The lowest BCUT2D eigenvalue weighted by molar-refractivity contribution is 0.867. The third-order valence-corrected chi connectivity index (χ3v) is 4.22. The Hall–Kier alpha value is -1.42. The van der Waals surface area contributed by atoms with Gasteiger partial charge in [0, 0.05) is 12.1 Å². The van der Waals surface area contributed by atoms with Crippen molar-refractivity contribution in [1.82, 2.24) is 9.97 Å². The van der Waals surface area contributed by atoms with Gasteiger partial charge in [-0.2, -0.15) is 0 Å². The number of anilines is 1. The number of halogens is 1. The molecule has 112 valence electrons. The highest BCUT2D eigenvalue weighted by Crippen LogP contribution is 2.29. The molecule has 3 nitrogen and oxygen atoms in total. The largest absolute Gasteiger partial charge is 0.369 e. The molecule has 1 aromatic heterocycles. The molecule has 1 heterocycles. The summed E-state index contributed by atoms with van der Waals surface area (Å²) in [5.41, 5.74) is 4.61. The number of nitrogens with one attached hydrogen (secondary N) is 1. The number of hydrogen-bond acceptors (Lipinski definition) is 3. The highest BCUT2D eigenvalue weighted by Gasteiger charge is 2.14. The first kappa shape index (κ1) is 16.0. The van der Waals surface area contributed by atoms with Gasteiger partial charge in [0.05, 0.1) is 10.2 Å². The molecule has 1 aromatic carbocycles. The molecule has 0 saturated carbocycles. The van der Waals surface area contributed by atoms with Crippen LogP contribution in [0.4, 0.5) is 5.82 Å². The fourth-order valence-electron chi connectivity index (χ4n) is 2.28. The number of aromatic nitrogens is 2. The summed E-state index contributed by atoms with van der Waals surface area (Å²) < 4.78 is 0.986. The molecule has 2 aromatic rings. The maximum Gasteiger partial charge on any atom is 0.162 e. The number of nitrogens with zero attached hydrogens (tertiary/aromatic N) is 2. The van der Waals surface area contributed by atoms with E-state index in [9.17, 15) is 0 Å². The molecular formula is C17H22BrN3. The third-order valence-electron chi connectivity index (χ3n) is 3.38. The van der Waals surface area contributed by atoms with Crippen molar-refractivity contribution in [3.63, 3.8) is 0 Å².